The predicted octanol–water partition coefficient (Wildman–Crippen LogP) is 0.666. The molecule has 0 saturated carbocycles. The molecule has 1 amide bonds. The Morgan fingerprint density at radius 2 is 2.20 bits per heavy atom. The van der Waals surface area contributed by atoms with Gasteiger partial charge in [-0.25, -0.2) is 4.98 Å². The summed E-state index contributed by atoms with van der Waals surface area (Å²) in [6.07, 6.45) is 3.25. The molecule has 0 radical (unpaired) electrons. The predicted molar refractivity (Wildman–Crippen MR) is 55.6 cm³/mol. The van der Waals surface area contributed by atoms with Crippen molar-refractivity contribution in [2.75, 3.05) is 0 Å². The summed E-state index contributed by atoms with van der Waals surface area (Å²) in [6.45, 7) is 0. The van der Waals surface area contributed by atoms with Gasteiger partial charge in [0, 0.05) is 5.39 Å². The minimum absolute atomic E-state index is 0.301. The van der Waals surface area contributed by atoms with Crippen LogP contribution in [0.3, 0.4) is 0 Å². The number of fused-ring (bicyclic) bond motifs is 3. The average Bonchev–Trinajstić information content (AvgIpc) is 2.73. The summed E-state index contributed by atoms with van der Waals surface area (Å²) in [7, 11) is 0. The molecule has 0 saturated heterocycles. The summed E-state index contributed by atoms with van der Waals surface area (Å²) < 4.78 is 0.883. The maximum Gasteiger partial charge on any atom is 0.277 e. The highest BCUT2D eigenvalue weighted by Crippen LogP contribution is 2.28. The minimum Gasteiger partial charge on any atom is -0.364 e. The first-order chi connectivity index (χ1) is 7.25. The number of nitrogens with two attached hydrogens (primary N) is 1. The average molecular weight is 219 g/mol. The molecule has 0 aliphatic carbocycles. The van der Waals surface area contributed by atoms with Crippen molar-refractivity contribution < 1.29 is 4.79 Å². The maximum atomic E-state index is 10.9. The van der Waals surface area contributed by atoms with Crippen LogP contribution in [-0.4, -0.2) is 26.1 Å². The molecular formula is C8H5N5OS. The number of nitrogens with zero attached hydrogens (tertiary/aromatic N) is 3. The van der Waals surface area contributed by atoms with Crippen LogP contribution < -0.4 is 5.73 Å². The zero-order valence-corrected chi connectivity index (χ0v) is 8.21. The largest absolute Gasteiger partial charge is 0.364 e. The molecule has 0 aliphatic heterocycles. The Labute approximate surface area is 87.1 Å². The molecule has 3 N–H and O–H groups in total. The third-order valence-corrected chi connectivity index (χ3v) is 3.17. The van der Waals surface area contributed by atoms with Crippen LogP contribution in [0.25, 0.3) is 21.3 Å². The van der Waals surface area contributed by atoms with Crippen LogP contribution in [0, 0.1) is 0 Å². The Morgan fingerprint density at radius 1 is 1.40 bits per heavy atom. The minimum atomic E-state index is -0.514. The molecule has 6 nitrogen and oxygen atoms in total. The van der Waals surface area contributed by atoms with Crippen LogP contribution in [-0.2, 0) is 0 Å². The molecular weight excluding hydrogens is 214 g/mol. The van der Waals surface area contributed by atoms with Crippen molar-refractivity contribution >= 4 is 38.5 Å². The zero-order valence-electron chi connectivity index (χ0n) is 7.39. The fourth-order valence-corrected chi connectivity index (χ4v) is 2.32. The first kappa shape index (κ1) is 8.30. The number of amides is 1. The van der Waals surface area contributed by atoms with E-state index in [9.17, 15) is 4.79 Å². The van der Waals surface area contributed by atoms with E-state index in [-0.39, 0.29) is 0 Å². The van der Waals surface area contributed by atoms with Gasteiger partial charge in [0.1, 0.15) is 0 Å². The Morgan fingerprint density at radius 3 is 3.00 bits per heavy atom. The second-order valence-corrected chi connectivity index (χ2v) is 4.00. The molecule has 3 rings (SSSR count). The van der Waals surface area contributed by atoms with Crippen molar-refractivity contribution in [3.8, 4) is 0 Å². The van der Waals surface area contributed by atoms with Crippen LogP contribution in [0.5, 0.6) is 0 Å². The quantitative estimate of drug-likeness (QED) is 0.628. The normalized spacial score (nSPS) is 11.2. The first-order valence-corrected chi connectivity index (χ1v) is 4.96. The molecule has 0 spiro atoms. The van der Waals surface area contributed by atoms with E-state index in [4.69, 9.17) is 5.73 Å². The topological polar surface area (TPSA) is 97.6 Å². The highest BCUT2D eigenvalue weighted by atomic mass is 32.1. The van der Waals surface area contributed by atoms with E-state index < -0.39 is 5.91 Å². The van der Waals surface area contributed by atoms with Crippen molar-refractivity contribution in [2.24, 2.45) is 5.73 Å². The molecule has 3 aromatic rings. The van der Waals surface area contributed by atoms with Crippen molar-refractivity contribution in [1.29, 1.82) is 0 Å². The second kappa shape index (κ2) is 2.74. The lowest BCUT2D eigenvalue weighted by Crippen LogP contribution is -2.09. The Hall–Kier alpha value is -2.02. The number of hydrogen-bond acceptors (Lipinski definition) is 5. The first-order valence-electron chi connectivity index (χ1n) is 4.14. The zero-order chi connectivity index (χ0) is 10.4. The number of aromatic nitrogens is 4. The lowest BCUT2D eigenvalue weighted by atomic mass is 10.4. The molecule has 3 aromatic heterocycles. The van der Waals surface area contributed by atoms with E-state index in [0.717, 1.165) is 15.6 Å². The molecule has 0 bridgehead atoms. The van der Waals surface area contributed by atoms with Gasteiger partial charge in [-0.2, -0.15) is 10.2 Å². The standard InChI is InChI=1S/C8H5N5OS/c9-6(14)8-13-7-5(15-8)3-1-10-11-2-4(3)12-7/h1-2,12H,(H2,9,14). The van der Waals surface area contributed by atoms with Gasteiger partial charge in [-0.05, 0) is 0 Å². The number of carbonyl (C=O) groups excluding carboxylic acids is 1. The van der Waals surface area contributed by atoms with Gasteiger partial charge in [-0.15, -0.1) is 11.3 Å². The van der Waals surface area contributed by atoms with E-state index in [1.165, 1.54) is 11.3 Å². The van der Waals surface area contributed by atoms with E-state index in [0.29, 0.717) is 10.7 Å². The van der Waals surface area contributed by atoms with Crippen molar-refractivity contribution in [3.63, 3.8) is 0 Å². The van der Waals surface area contributed by atoms with Gasteiger partial charge in [-0.1, -0.05) is 0 Å². The number of nitrogens with one attached hydrogen (secondary N) is 1. The van der Waals surface area contributed by atoms with Crippen LogP contribution in [0.15, 0.2) is 12.4 Å². The third-order valence-electron chi connectivity index (χ3n) is 2.07. The van der Waals surface area contributed by atoms with E-state index in [1.54, 1.807) is 12.4 Å². The van der Waals surface area contributed by atoms with Crippen LogP contribution in [0.1, 0.15) is 9.80 Å². The molecule has 0 unspecified atom stereocenters. The fourth-order valence-electron chi connectivity index (χ4n) is 1.42. The number of rotatable bonds is 1. The Kier molecular flexibility index (Phi) is 1.51. The van der Waals surface area contributed by atoms with Crippen molar-refractivity contribution in [2.45, 2.75) is 0 Å². The van der Waals surface area contributed by atoms with Crippen molar-refractivity contribution in [3.05, 3.63) is 17.4 Å². The summed E-state index contributed by atoms with van der Waals surface area (Å²) in [5.41, 5.74) is 6.66. The van der Waals surface area contributed by atoms with Gasteiger partial charge in [0.2, 0.25) is 0 Å². The molecule has 0 fully saturated rings. The lowest BCUT2D eigenvalue weighted by Gasteiger charge is -1.85. The molecule has 7 heteroatoms. The van der Waals surface area contributed by atoms with Gasteiger partial charge in [-0.3, -0.25) is 4.79 Å². The summed E-state index contributed by atoms with van der Waals surface area (Å²) in [5, 5.41) is 8.74. The number of H-pyrrole nitrogens is 1. The SMILES string of the molecule is NC(=O)c1nc2[nH]c3cnncc3c2s1. The smallest absolute Gasteiger partial charge is 0.277 e. The highest BCUT2D eigenvalue weighted by Gasteiger charge is 2.13. The lowest BCUT2D eigenvalue weighted by molar-refractivity contribution is 0.1000. The van der Waals surface area contributed by atoms with Gasteiger partial charge in [0.25, 0.3) is 5.91 Å². The van der Waals surface area contributed by atoms with Crippen molar-refractivity contribution in [1.82, 2.24) is 20.2 Å². The monoisotopic (exact) mass is 219 g/mol. The van der Waals surface area contributed by atoms with Crippen LogP contribution >= 0.6 is 11.3 Å². The molecule has 3 heterocycles. The number of thiazole rings is 1. The summed E-state index contributed by atoms with van der Waals surface area (Å²) in [6, 6.07) is 0. The Balaban J connectivity index is 2.42. The highest BCUT2D eigenvalue weighted by molar-refractivity contribution is 7.21. The van der Waals surface area contributed by atoms with Crippen LogP contribution in [0.2, 0.25) is 0 Å². The molecule has 15 heavy (non-hydrogen) atoms. The van der Waals surface area contributed by atoms with E-state index in [1.807, 2.05) is 0 Å². The molecule has 0 aromatic carbocycles. The third kappa shape index (κ3) is 1.10. The number of primary amides is 1. The Bertz CT molecular complexity index is 670. The summed E-state index contributed by atoms with van der Waals surface area (Å²) in [5.74, 6) is -0.514. The molecule has 0 aliphatic rings. The van der Waals surface area contributed by atoms with Crippen LogP contribution in [0.4, 0.5) is 0 Å². The summed E-state index contributed by atoms with van der Waals surface area (Å²) in [4.78, 5) is 18.1. The fraction of sp³-hybridized carbons (Fsp3) is 0. The van der Waals surface area contributed by atoms with Gasteiger partial charge >= 0.3 is 0 Å². The number of carbonyl (C=O) groups is 1. The van der Waals surface area contributed by atoms with E-state index in [2.05, 4.69) is 20.2 Å². The van der Waals surface area contributed by atoms with E-state index >= 15 is 0 Å². The number of aromatic amines is 1. The maximum absolute atomic E-state index is 10.9. The van der Waals surface area contributed by atoms with Gasteiger partial charge in [0.05, 0.1) is 22.6 Å². The second-order valence-electron chi connectivity index (χ2n) is 3.00. The molecule has 0 atom stereocenters. The van der Waals surface area contributed by atoms with Gasteiger partial charge < -0.3 is 10.7 Å². The molecule has 74 valence electrons. The van der Waals surface area contributed by atoms with Gasteiger partial charge in [0.15, 0.2) is 10.7 Å². The summed E-state index contributed by atoms with van der Waals surface area (Å²) >= 11 is 1.26. The number of hydrogen-bond donors (Lipinski definition) is 2.